The summed E-state index contributed by atoms with van der Waals surface area (Å²) in [6.45, 7) is 2.55. The van der Waals surface area contributed by atoms with Crippen LogP contribution in [0.1, 0.15) is 17.9 Å². The van der Waals surface area contributed by atoms with Gasteiger partial charge in [0, 0.05) is 30.8 Å². The molecule has 2 atom stereocenters. The number of fused-ring (bicyclic) bond motifs is 1. The van der Waals surface area contributed by atoms with Crippen LogP contribution >= 0.6 is 0 Å². The number of nitrogens with zero attached hydrogens (tertiary/aromatic N) is 2. The molecule has 0 radical (unpaired) electrons. The first-order chi connectivity index (χ1) is 16.6. The minimum atomic E-state index is -0.398. The molecule has 1 unspecified atom stereocenters. The van der Waals surface area contributed by atoms with Crippen molar-refractivity contribution in [1.29, 1.82) is 0 Å². The summed E-state index contributed by atoms with van der Waals surface area (Å²) in [5.74, 6) is 0.599. The van der Waals surface area contributed by atoms with Gasteiger partial charge in [-0.15, -0.1) is 0 Å². The molecule has 0 bridgehead atoms. The van der Waals surface area contributed by atoms with Crippen molar-refractivity contribution in [3.8, 4) is 5.75 Å². The van der Waals surface area contributed by atoms with E-state index in [1.807, 2.05) is 22.8 Å². The Balaban J connectivity index is 1.05. The number of hydrogen-bond donors (Lipinski definition) is 2. The lowest BCUT2D eigenvalue weighted by molar-refractivity contribution is -0.118. The molecule has 2 amide bonds. The van der Waals surface area contributed by atoms with Gasteiger partial charge < -0.3 is 24.7 Å². The van der Waals surface area contributed by atoms with E-state index in [4.69, 9.17) is 9.47 Å². The zero-order valence-corrected chi connectivity index (χ0v) is 18.5. The highest BCUT2D eigenvalue weighted by atomic mass is 16.6. The molecule has 3 aliphatic heterocycles. The average molecular weight is 460 g/mol. The summed E-state index contributed by atoms with van der Waals surface area (Å²) in [6.07, 6.45) is 0.0515. The van der Waals surface area contributed by atoms with Gasteiger partial charge >= 0.3 is 6.09 Å². The summed E-state index contributed by atoms with van der Waals surface area (Å²) < 4.78 is 12.8. The molecule has 3 aromatic rings. The lowest BCUT2D eigenvalue weighted by Crippen LogP contribution is -2.29. The number of nitrogens with one attached hydrogen (secondary N) is 2. The number of cyclic esters (lactones) is 1. The fourth-order valence-corrected chi connectivity index (χ4v) is 5.05. The van der Waals surface area contributed by atoms with Crippen molar-refractivity contribution in [2.75, 3.05) is 36.5 Å². The molecule has 0 aliphatic carbocycles. The lowest BCUT2D eigenvalue weighted by atomic mass is 10.00. The van der Waals surface area contributed by atoms with Crippen molar-refractivity contribution in [2.45, 2.75) is 25.0 Å². The van der Waals surface area contributed by atoms with Crippen LogP contribution < -0.4 is 25.8 Å². The number of carbonyl (C=O) groups excluding carboxylic acids is 2. The SMILES string of the molecule is O=C1COc2ccc(N3C[C@H](CCNCC4Cn5c(=O)ccc6cccc4c65)OC3=O)cc2N1. The number of para-hydroxylation sites is 1. The first-order valence-corrected chi connectivity index (χ1v) is 11.4. The Labute approximate surface area is 195 Å². The van der Waals surface area contributed by atoms with E-state index in [1.165, 1.54) is 5.56 Å². The largest absolute Gasteiger partial charge is 0.482 e. The Morgan fingerprint density at radius 2 is 1.97 bits per heavy atom. The third kappa shape index (κ3) is 3.58. The van der Waals surface area contributed by atoms with Crippen LogP contribution in [0.15, 0.2) is 53.3 Å². The number of rotatable bonds is 6. The van der Waals surface area contributed by atoms with Crippen molar-refractivity contribution in [2.24, 2.45) is 0 Å². The highest BCUT2D eigenvalue weighted by Crippen LogP contribution is 2.34. The molecule has 2 N–H and O–H groups in total. The van der Waals surface area contributed by atoms with E-state index < -0.39 is 6.09 Å². The maximum absolute atomic E-state index is 12.5. The van der Waals surface area contributed by atoms with E-state index in [9.17, 15) is 14.4 Å². The molecule has 34 heavy (non-hydrogen) atoms. The number of carbonyl (C=O) groups is 2. The summed E-state index contributed by atoms with van der Waals surface area (Å²) in [6, 6.07) is 15.0. The highest BCUT2D eigenvalue weighted by Gasteiger charge is 2.33. The van der Waals surface area contributed by atoms with Gasteiger partial charge in [-0.2, -0.15) is 0 Å². The van der Waals surface area contributed by atoms with Gasteiger partial charge in [-0.3, -0.25) is 14.5 Å². The van der Waals surface area contributed by atoms with Crippen molar-refractivity contribution in [1.82, 2.24) is 9.88 Å². The van der Waals surface area contributed by atoms with E-state index in [0.29, 0.717) is 43.2 Å². The number of pyridine rings is 1. The monoisotopic (exact) mass is 460 g/mol. The second-order valence-electron chi connectivity index (χ2n) is 8.89. The van der Waals surface area contributed by atoms with Gasteiger partial charge in [-0.05, 0) is 48.2 Å². The molecule has 0 saturated carbocycles. The number of aromatic nitrogens is 1. The van der Waals surface area contributed by atoms with Gasteiger partial charge in [0.1, 0.15) is 11.9 Å². The van der Waals surface area contributed by atoms with E-state index in [0.717, 1.165) is 17.4 Å². The van der Waals surface area contributed by atoms with Crippen LogP contribution in [0.3, 0.4) is 0 Å². The molecule has 9 nitrogen and oxygen atoms in total. The van der Waals surface area contributed by atoms with E-state index in [1.54, 1.807) is 29.2 Å². The maximum Gasteiger partial charge on any atom is 0.414 e. The quantitative estimate of drug-likeness (QED) is 0.548. The lowest BCUT2D eigenvalue weighted by Gasteiger charge is -2.20. The molecule has 3 aliphatic rings. The molecular weight excluding hydrogens is 436 g/mol. The van der Waals surface area contributed by atoms with E-state index >= 15 is 0 Å². The van der Waals surface area contributed by atoms with Crippen LogP contribution in [-0.4, -0.2) is 48.9 Å². The molecule has 4 heterocycles. The first-order valence-electron chi connectivity index (χ1n) is 11.4. The van der Waals surface area contributed by atoms with Crippen molar-refractivity contribution in [3.63, 3.8) is 0 Å². The highest BCUT2D eigenvalue weighted by molar-refractivity contribution is 5.97. The van der Waals surface area contributed by atoms with Gasteiger partial charge in [-0.25, -0.2) is 4.79 Å². The minimum absolute atomic E-state index is 0.00793. The fourth-order valence-electron chi connectivity index (χ4n) is 5.05. The Bertz CT molecular complexity index is 1370. The third-order valence-electron chi connectivity index (χ3n) is 6.70. The number of ether oxygens (including phenoxy) is 2. The predicted octanol–water partition coefficient (Wildman–Crippen LogP) is 2.43. The Morgan fingerprint density at radius 1 is 1.06 bits per heavy atom. The summed E-state index contributed by atoms with van der Waals surface area (Å²) >= 11 is 0. The number of anilines is 2. The Morgan fingerprint density at radius 3 is 2.88 bits per heavy atom. The van der Waals surface area contributed by atoms with Crippen molar-refractivity contribution < 1.29 is 19.1 Å². The summed E-state index contributed by atoms with van der Waals surface area (Å²) in [5.41, 5.74) is 3.48. The van der Waals surface area contributed by atoms with Crippen LogP contribution in [0.2, 0.25) is 0 Å². The predicted molar refractivity (Wildman–Crippen MR) is 127 cm³/mol. The number of amides is 2. The van der Waals surface area contributed by atoms with Crippen molar-refractivity contribution in [3.05, 3.63) is 64.4 Å². The second-order valence-corrected chi connectivity index (χ2v) is 8.89. The average Bonchev–Trinajstić information content (AvgIpc) is 3.40. The topological polar surface area (TPSA) is 102 Å². The van der Waals surface area contributed by atoms with Crippen LogP contribution in [0, 0.1) is 0 Å². The summed E-state index contributed by atoms with van der Waals surface area (Å²) in [4.78, 5) is 37.9. The maximum atomic E-state index is 12.5. The van der Waals surface area contributed by atoms with Crippen LogP contribution in [-0.2, 0) is 16.1 Å². The van der Waals surface area contributed by atoms with Gasteiger partial charge in [0.2, 0.25) is 0 Å². The van der Waals surface area contributed by atoms with E-state index in [2.05, 4.69) is 16.7 Å². The zero-order chi connectivity index (χ0) is 23.2. The van der Waals surface area contributed by atoms with Crippen LogP contribution in [0.4, 0.5) is 16.2 Å². The molecule has 1 fully saturated rings. The molecular formula is C25H24N4O5. The number of benzene rings is 2. The molecule has 6 rings (SSSR count). The van der Waals surface area contributed by atoms with Crippen molar-refractivity contribution >= 4 is 34.3 Å². The molecule has 1 saturated heterocycles. The fraction of sp³-hybridized carbons (Fsp3) is 0.320. The minimum Gasteiger partial charge on any atom is -0.482 e. The van der Waals surface area contributed by atoms with Crippen LogP contribution in [0.5, 0.6) is 5.75 Å². The zero-order valence-electron chi connectivity index (χ0n) is 18.5. The van der Waals surface area contributed by atoms with E-state index in [-0.39, 0.29) is 30.1 Å². The van der Waals surface area contributed by atoms with Gasteiger partial charge in [-0.1, -0.05) is 18.2 Å². The standard InChI is InChI=1S/C25H24N4O5/c30-22-14-33-21-6-5-17(10-20(21)27-22)28-13-18(34-25(28)32)8-9-26-11-16-12-29-23(31)7-4-15-2-1-3-19(16)24(15)29/h1-7,10,16,18,26H,8-9,11-14H2,(H,27,30)/t16?,18-/m0/s1. The molecule has 174 valence electrons. The Hall–Kier alpha value is -3.85. The van der Waals surface area contributed by atoms with Gasteiger partial charge in [0.25, 0.3) is 11.5 Å². The molecule has 9 heteroatoms. The Kier molecular flexibility index (Phi) is 4.99. The normalized spacial score (nSPS) is 20.8. The smallest absolute Gasteiger partial charge is 0.414 e. The summed E-state index contributed by atoms with van der Waals surface area (Å²) in [7, 11) is 0. The van der Waals surface area contributed by atoms with Gasteiger partial charge in [0.15, 0.2) is 6.61 Å². The second kappa shape index (κ2) is 8.18. The molecule has 0 spiro atoms. The first kappa shape index (κ1) is 20.7. The van der Waals surface area contributed by atoms with Gasteiger partial charge in [0.05, 0.1) is 17.7 Å². The third-order valence-corrected chi connectivity index (χ3v) is 6.70. The van der Waals surface area contributed by atoms with Crippen LogP contribution in [0.25, 0.3) is 10.9 Å². The molecule has 1 aromatic heterocycles. The molecule has 2 aromatic carbocycles. The summed E-state index contributed by atoms with van der Waals surface area (Å²) in [5, 5.41) is 7.33. The number of hydrogen-bond acceptors (Lipinski definition) is 6.